The van der Waals surface area contributed by atoms with Gasteiger partial charge in [-0.05, 0) is 127 Å². The lowest BCUT2D eigenvalue weighted by atomic mass is 9.73. The van der Waals surface area contributed by atoms with Gasteiger partial charge in [-0.25, -0.2) is 0 Å². The fourth-order valence-corrected chi connectivity index (χ4v) is 9.41. The lowest BCUT2D eigenvalue weighted by Crippen LogP contribution is -2.11. The Bertz CT molecular complexity index is 3320. The van der Waals surface area contributed by atoms with E-state index in [1.54, 1.807) is 60.7 Å². The van der Waals surface area contributed by atoms with Crippen molar-refractivity contribution in [3.63, 3.8) is 0 Å². The topological polar surface area (TPSA) is 190 Å². The van der Waals surface area contributed by atoms with Gasteiger partial charge in [0.2, 0.25) is 0 Å². The Kier molecular flexibility index (Phi) is 9.96. The van der Waals surface area contributed by atoms with Crippen LogP contribution in [0.4, 0.5) is 0 Å². The van der Waals surface area contributed by atoms with E-state index in [1.807, 2.05) is 72.8 Å². The number of benzene rings is 7. The molecular weight excluding hydrogens is 785 g/mol. The minimum atomic E-state index is -0.785. The van der Waals surface area contributed by atoms with E-state index in [9.17, 15) is 42.1 Å². The number of fused-ring (bicyclic) bond motifs is 2. The lowest BCUT2D eigenvalue weighted by molar-refractivity contribution is 1.02. The highest BCUT2D eigenvalue weighted by Crippen LogP contribution is 2.64. The predicted octanol–water partition coefficient (Wildman–Crippen LogP) is 11.4. The van der Waals surface area contributed by atoms with Crippen LogP contribution < -0.4 is 0 Å². The molecule has 0 radical (unpaired) electrons. The molecule has 0 aromatic heterocycles. The molecule has 2 aliphatic rings. The molecule has 0 fully saturated rings. The quantitative estimate of drug-likeness (QED) is 0.158. The van der Waals surface area contributed by atoms with Crippen LogP contribution in [0.2, 0.25) is 0 Å². The minimum Gasteiger partial charge on any atom is -0.192 e. The summed E-state index contributed by atoms with van der Waals surface area (Å²) in [7, 11) is 0. The maximum Gasteiger partial charge on any atom is 0.100 e. The molecule has 290 valence electrons. The summed E-state index contributed by atoms with van der Waals surface area (Å²) in [5.74, 6) is -1.57. The summed E-state index contributed by atoms with van der Waals surface area (Å²) in [6.07, 6.45) is 0. The standard InChI is InChI=1S/C56H26N8/c57-25-33-11-15-41(16-12-33)49-53-45(31-63)47(39-7-3-1-4-8-39)51(43-21-35(27-59)19-36(22-43)28-60)55(53)50(42-17-13-34(26-58)14-18-42)56-52(44-23-37(29-61)20-38(24-44)30-62)48(46(32-64)54(49)56)40-9-5-2-6-10-40/h1-24,51-52H. The van der Waals surface area contributed by atoms with Crippen LogP contribution in [0.1, 0.15) is 89.7 Å². The van der Waals surface area contributed by atoms with Gasteiger partial charge in [-0.15, -0.1) is 0 Å². The van der Waals surface area contributed by atoms with Crippen molar-refractivity contribution in [2.75, 3.05) is 0 Å². The molecule has 0 N–H and O–H groups in total. The molecule has 0 saturated carbocycles. The third-order valence-electron chi connectivity index (χ3n) is 11.9. The van der Waals surface area contributed by atoms with Crippen molar-refractivity contribution < 1.29 is 0 Å². The summed E-state index contributed by atoms with van der Waals surface area (Å²) in [6.45, 7) is 0. The van der Waals surface area contributed by atoms with E-state index in [0.29, 0.717) is 89.1 Å². The third kappa shape index (κ3) is 6.33. The number of hydrogen-bond donors (Lipinski definition) is 0. The zero-order valence-corrected chi connectivity index (χ0v) is 33.6. The van der Waals surface area contributed by atoms with Crippen LogP contribution in [0.25, 0.3) is 44.5 Å². The van der Waals surface area contributed by atoms with E-state index in [1.165, 1.54) is 12.1 Å². The summed E-state index contributed by atoms with van der Waals surface area (Å²) in [4.78, 5) is 0. The number of allylic oxidation sites excluding steroid dienone is 4. The first-order valence-corrected chi connectivity index (χ1v) is 19.9. The van der Waals surface area contributed by atoms with Gasteiger partial charge in [0, 0.05) is 23.0 Å². The van der Waals surface area contributed by atoms with Crippen LogP contribution in [0.5, 0.6) is 0 Å². The number of rotatable bonds is 6. The third-order valence-corrected chi connectivity index (χ3v) is 11.9. The maximum atomic E-state index is 11.6. The summed E-state index contributed by atoms with van der Waals surface area (Å²) in [5.41, 5.74) is 11.1. The molecule has 7 aromatic carbocycles. The van der Waals surface area contributed by atoms with Crippen molar-refractivity contribution in [2.24, 2.45) is 0 Å². The van der Waals surface area contributed by atoms with Crippen molar-refractivity contribution in [3.05, 3.63) is 223 Å². The van der Waals surface area contributed by atoms with Gasteiger partial charge < -0.3 is 0 Å². The maximum absolute atomic E-state index is 11.6. The molecule has 2 atom stereocenters. The number of nitriles is 8. The van der Waals surface area contributed by atoms with Crippen LogP contribution in [-0.4, -0.2) is 0 Å². The molecule has 0 heterocycles. The summed E-state index contributed by atoms with van der Waals surface area (Å²) >= 11 is 0. The van der Waals surface area contributed by atoms with Gasteiger partial charge in [0.05, 0.1) is 80.9 Å². The molecule has 0 aliphatic heterocycles. The molecule has 7 aromatic rings. The Labute approximate surface area is 369 Å². The average molecular weight is 811 g/mol. The Morgan fingerprint density at radius 1 is 0.281 bits per heavy atom. The summed E-state index contributed by atoms with van der Waals surface area (Å²) in [5, 5.41) is 84.4. The Morgan fingerprint density at radius 3 is 0.922 bits per heavy atom. The van der Waals surface area contributed by atoms with Crippen molar-refractivity contribution >= 4 is 22.3 Å². The average Bonchev–Trinajstić information content (AvgIpc) is 3.89. The second-order valence-electron chi connectivity index (χ2n) is 15.2. The van der Waals surface area contributed by atoms with Crippen LogP contribution in [-0.2, 0) is 0 Å². The molecule has 2 aliphatic carbocycles. The van der Waals surface area contributed by atoms with Gasteiger partial charge in [-0.1, -0.05) is 84.9 Å². The predicted molar refractivity (Wildman–Crippen MR) is 240 cm³/mol. The van der Waals surface area contributed by atoms with Gasteiger partial charge in [0.15, 0.2) is 0 Å². The summed E-state index contributed by atoms with van der Waals surface area (Å²) in [6, 6.07) is 61.4. The molecule has 8 nitrogen and oxygen atoms in total. The molecule has 64 heavy (non-hydrogen) atoms. The highest BCUT2D eigenvalue weighted by atomic mass is 14.5. The highest BCUT2D eigenvalue weighted by molar-refractivity contribution is 6.18. The second kappa shape index (κ2) is 16.2. The molecule has 2 unspecified atom stereocenters. The first kappa shape index (κ1) is 39.4. The van der Waals surface area contributed by atoms with Gasteiger partial charge in [-0.3, -0.25) is 0 Å². The lowest BCUT2D eigenvalue weighted by Gasteiger charge is -2.28. The molecule has 0 spiro atoms. The van der Waals surface area contributed by atoms with Gasteiger partial charge in [-0.2, -0.15) is 42.1 Å². The van der Waals surface area contributed by atoms with Crippen LogP contribution >= 0.6 is 0 Å². The van der Waals surface area contributed by atoms with Crippen LogP contribution in [0.15, 0.2) is 146 Å². The highest BCUT2D eigenvalue weighted by Gasteiger charge is 2.46. The van der Waals surface area contributed by atoms with Gasteiger partial charge in [0.25, 0.3) is 0 Å². The van der Waals surface area contributed by atoms with Crippen molar-refractivity contribution in [1.82, 2.24) is 0 Å². The SMILES string of the molecule is N#CC1=C(c2ccccc2)C(c2cc(C#N)cc(C#N)c2)c2c1c(-c1ccc(C#N)cc1)c1c(c2-c2ccc(C#N)cc2)C(c2cc(C#N)cc(C#N)c2)C(c2ccccc2)=C1C#N. The first-order valence-electron chi connectivity index (χ1n) is 19.9. The minimum absolute atomic E-state index is 0.247. The van der Waals surface area contributed by atoms with E-state index < -0.39 is 11.8 Å². The molecule has 0 saturated heterocycles. The fraction of sp³-hybridized carbons (Fsp3) is 0.0357. The zero-order chi connectivity index (χ0) is 44.5. The smallest absolute Gasteiger partial charge is 0.100 e. The Morgan fingerprint density at radius 2 is 0.609 bits per heavy atom. The Balaban J connectivity index is 1.59. The van der Waals surface area contributed by atoms with Gasteiger partial charge in [0.1, 0.15) is 12.1 Å². The second-order valence-corrected chi connectivity index (χ2v) is 15.2. The van der Waals surface area contributed by atoms with Crippen molar-refractivity contribution in [3.8, 4) is 70.8 Å². The first-order chi connectivity index (χ1) is 31.4. The zero-order valence-electron chi connectivity index (χ0n) is 33.6. The van der Waals surface area contributed by atoms with Crippen LogP contribution in [0, 0.1) is 90.6 Å². The van der Waals surface area contributed by atoms with Crippen molar-refractivity contribution in [2.45, 2.75) is 11.8 Å². The van der Waals surface area contributed by atoms with Crippen LogP contribution in [0.3, 0.4) is 0 Å². The molecular formula is C56H26N8. The Hall–Kier alpha value is -10.1. The van der Waals surface area contributed by atoms with Gasteiger partial charge >= 0.3 is 0 Å². The molecule has 0 amide bonds. The molecule has 0 bridgehead atoms. The number of nitrogens with zero attached hydrogens (tertiary/aromatic N) is 8. The summed E-state index contributed by atoms with van der Waals surface area (Å²) < 4.78 is 0. The van der Waals surface area contributed by atoms with E-state index in [4.69, 9.17) is 0 Å². The monoisotopic (exact) mass is 810 g/mol. The van der Waals surface area contributed by atoms with E-state index >= 15 is 0 Å². The van der Waals surface area contributed by atoms with Crippen molar-refractivity contribution in [1.29, 1.82) is 42.1 Å². The normalized spacial score (nSPS) is 14.3. The number of hydrogen-bond acceptors (Lipinski definition) is 8. The largest absolute Gasteiger partial charge is 0.192 e. The fourth-order valence-electron chi connectivity index (χ4n) is 9.41. The van der Waals surface area contributed by atoms with E-state index in [-0.39, 0.29) is 22.3 Å². The molecule has 8 heteroatoms. The molecule has 9 rings (SSSR count). The van der Waals surface area contributed by atoms with E-state index in [2.05, 4.69) is 48.6 Å². The van der Waals surface area contributed by atoms with E-state index in [0.717, 1.165) is 11.1 Å².